The Morgan fingerprint density at radius 1 is 1.64 bits per heavy atom. The van der Waals surface area contributed by atoms with E-state index in [-0.39, 0.29) is 31.1 Å². The monoisotopic (exact) mass is 309 g/mol. The van der Waals surface area contributed by atoms with Crippen molar-refractivity contribution < 1.29 is 23.5 Å². The van der Waals surface area contributed by atoms with E-state index in [9.17, 15) is 14.0 Å². The highest BCUT2D eigenvalue weighted by molar-refractivity contribution is 5.92. The maximum absolute atomic E-state index is 14.1. The van der Waals surface area contributed by atoms with Gasteiger partial charge < -0.3 is 20.5 Å². The smallest absolute Gasteiger partial charge is 0.293 e. The first kappa shape index (κ1) is 15.9. The summed E-state index contributed by atoms with van der Waals surface area (Å²) in [4.78, 5) is 25.8. The molecule has 0 saturated carbocycles. The number of rotatable bonds is 5. The highest BCUT2D eigenvalue weighted by Crippen LogP contribution is 2.32. The average Bonchev–Trinajstić information content (AvgIpc) is 2.46. The van der Waals surface area contributed by atoms with Crippen molar-refractivity contribution >= 4 is 23.9 Å². The lowest BCUT2D eigenvalue weighted by Gasteiger charge is -2.30. The molecule has 0 aliphatic carbocycles. The first-order valence-corrected chi connectivity index (χ1v) is 6.52. The summed E-state index contributed by atoms with van der Waals surface area (Å²) in [5.74, 6) is -0.730. The summed E-state index contributed by atoms with van der Waals surface area (Å²) in [7, 11) is 0. The number of halogens is 1. The van der Waals surface area contributed by atoms with Gasteiger partial charge in [0.05, 0.1) is 6.61 Å². The number of carbonyl (C=O) groups excluding carboxylic acids is 2. The summed E-state index contributed by atoms with van der Waals surface area (Å²) in [6, 6.07) is 4.08. The molecule has 1 aromatic carbocycles. The SMILES string of the molecule is CC1(c2cc(NC(=O)COC=O)ccc2F)COCC(N)=N1. The lowest BCUT2D eigenvalue weighted by molar-refractivity contribution is -0.135. The maximum Gasteiger partial charge on any atom is 0.293 e. The standard InChI is InChI=1S/C14H16FN3O4/c1-14(7-21-5-12(16)18-14)10-4-9(2-3-11(10)15)17-13(20)6-22-8-19/h2-4,8H,5-7H2,1H3,(H2,16,18)(H,17,20). The van der Waals surface area contributed by atoms with Gasteiger partial charge in [-0.2, -0.15) is 0 Å². The summed E-state index contributed by atoms with van der Waals surface area (Å²) >= 11 is 0. The molecule has 0 radical (unpaired) electrons. The van der Waals surface area contributed by atoms with E-state index in [1.165, 1.54) is 18.2 Å². The van der Waals surface area contributed by atoms with Crippen LogP contribution in [0.1, 0.15) is 12.5 Å². The second-order valence-corrected chi connectivity index (χ2v) is 5.02. The lowest BCUT2D eigenvalue weighted by atomic mass is 9.92. The Balaban J connectivity index is 2.25. The minimum absolute atomic E-state index is 0.174. The topological polar surface area (TPSA) is 103 Å². The maximum atomic E-state index is 14.1. The van der Waals surface area contributed by atoms with Crippen molar-refractivity contribution in [3.05, 3.63) is 29.6 Å². The van der Waals surface area contributed by atoms with Crippen LogP contribution < -0.4 is 11.1 Å². The fourth-order valence-electron chi connectivity index (χ4n) is 2.20. The van der Waals surface area contributed by atoms with E-state index in [4.69, 9.17) is 10.5 Å². The Hall–Kier alpha value is -2.48. The highest BCUT2D eigenvalue weighted by Gasteiger charge is 2.32. The fraction of sp³-hybridized carbons (Fsp3) is 0.357. The quantitative estimate of drug-likeness (QED) is 0.773. The molecule has 0 spiro atoms. The molecule has 1 heterocycles. The molecule has 2 rings (SSSR count). The van der Waals surface area contributed by atoms with Crippen molar-refractivity contribution in [2.45, 2.75) is 12.5 Å². The number of nitrogens with zero attached hydrogens (tertiary/aromatic N) is 1. The van der Waals surface area contributed by atoms with Crippen LogP contribution in [0.25, 0.3) is 0 Å². The molecule has 22 heavy (non-hydrogen) atoms. The van der Waals surface area contributed by atoms with Crippen LogP contribution in [-0.4, -0.2) is 38.0 Å². The van der Waals surface area contributed by atoms with Gasteiger partial charge >= 0.3 is 0 Å². The first-order valence-electron chi connectivity index (χ1n) is 6.52. The van der Waals surface area contributed by atoms with Gasteiger partial charge in [-0.25, -0.2) is 4.39 Å². The third-order valence-electron chi connectivity index (χ3n) is 3.14. The predicted molar refractivity (Wildman–Crippen MR) is 76.8 cm³/mol. The molecule has 0 saturated heterocycles. The van der Waals surface area contributed by atoms with Gasteiger partial charge in [0.2, 0.25) is 0 Å². The van der Waals surface area contributed by atoms with E-state index in [1.54, 1.807) is 6.92 Å². The van der Waals surface area contributed by atoms with Gasteiger partial charge in [0, 0.05) is 11.3 Å². The molecule has 0 bridgehead atoms. The number of carbonyl (C=O) groups is 2. The second kappa shape index (κ2) is 6.52. The summed E-state index contributed by atoms with van der Waals surface area (Å²) in [6.07, 6.45) is 0. The Bertz CT molecular complexity index is 620. The van der Waals surface area contributed by atoms with E-state index < -0.39 is 23.9 Å². The number of hydrogen-bond acceptors (Lipinski definition) is 6. The van der Waals surface area contributed by atoms with Gasteiger partial charge in [0.1, 0.15) is 23.8 Å². The summed E-state index contributed by atoms with van der Waals surface area (Å²) in [6.45, 7) is 1.83. The van der Waals surface area contributed by atoms with Crippen LogP contribution in [-0.2, 0) is 24.6 Å². The van der Waals surface area contributed by atoms with Gasteiger partial charge in [0.15, 0.2) is 6.61 Å². The molecule has 1 aliphatic rings. The van der Waals surface area contributed by atoms with Gasteiger partial charge in [-0.1, -0.05) is 0 Å². The number of nitrogens with two attached hydrogens (primary N) is 1. The van der Waals surface area contributed by atoms with Crippen molar-refractivity contribution in [2.75, 3.05) is 25.1 Å². The van der Waals surface area contributed by atoms with Crippen LogP contribution in [0.2, 0.25) is 0 Å². The number of hydrogen-bond donors (Lipinski definition) is 2. The van der Waals surface area contributed by atoms with Crippen LogP contribution in [0.5, 0.6) is 0 Å². The molecule has 0 fully saturated rings. The summed E-state index contributed by atoms with van der Waals surface area (Å²) in [5.41, 5.74) is 5.30. The van der Waals surface area contributed by atoms with Gasteiger partial charge in [0.25, 0.3) is 12.4 Å². The van der Waals surface area contributed by atoms with Crippen molar-refractivity contribution in [3.63, 3.8) is 0 Å². The third kappa shape index (κ3) is 3.59. The summed E-state index contributed by atoms with van der Waals surface area (Å²) in [5, 5.41) is 2.50. The zero-order valence-corrected chi connectivity index (χ0v) is 12.0. The van der Waals surface area contributed by atoms with E-state index >= 15 is 0 Å². The Labute approximate surface area is 126 Å². The minimum Gasteiger partial charge on any atom is -0.458 e. The molecule has 3 N–H and O–H groups in total. The molecule has 118 valence electrons. The van der Waals surface area contributed by atoms with Crippen LogP contribution in [0, 0.1) is 5.82 Å². The number of amidine groups is 1. The second-order valence-electron chi connectivity index (χ2n) is 5.02. The normalized spacial score (nSPS) is 20.9. The van der Waals surface area contributed by atoms with Crippen LogP contribution >= 0.6 is 0 Å². The highest BCUT2D eigenvalue weighted by atomic mass is 19.1. The van der Waals surface area contributed by atoms with E-state index in [2.05, 4.69) is 15.0 Å². The Morgan fingerprint density at radius 2 is 2.41 bits per heavy atom. The zero-order valence-electron chi connectivity index (χ0n) is 12.0. The largest absolute Gasteiger partial charge is 0.458 e. The molecule has 1 aromatic rings. The van der Waals surface area contributed by atoms with Gasteiger partial charge in [-0.15, -0.1) is 0 Å². The molecule has 0 aromatic heterocycles. The number of nitrogens with one attached hydrogen (secondary N) is 1. The van der Waals surface area contributed by atoms with E-state index in [0.29, 0.717) is 5.69 Å². The number of anilines is 1. The fourth-order valence-corrected chi connectivity index (χ4v) is 2.20. The zero-order chi connectivity index (χ0) is 16.2. The number of amides is 1. The Morgan fingerprint density at radius 3 is 3.09 bits per heavy atom. The van der Waals surface area contributed by atoms with E-state index in [1.807, 2.05) is 0 Å². The van der Waals surface area contributed by atoms with Crippen LogP contribution in [0.4, 0.5) is 10.1 Å². The van der Waals surface area contributed by atoms with Crippen LogP contribution in [0.15, 0.2) is 23.2 Å². The van der Waals surface area contributed by atoms with Crippen LogP contribution in [0.3, 0.4) is 0 Å². The summed E-state index contributed by atoms with van der Waals surface area (Å²) < 4.78 is 23.8. The molecule has 1 amide bonds. The molecule has 7 nitrogen and oxygen atoms in total. The van der Waals surface area contributed by atoms with Crippen molar-refractivity contribution in [2.24, 2.45) is 10.7 Å². The molecule has 8 heteroatoms. The van der Waals surface area contributed by atoms with Crippen molar-refractivity contribution in [1.82, 2.24) is 0 Å². The molecule has 1 unspecified atom stereocenters. The first-order chi connectivity index (χ1) is 10.4. The predicted octanol–water partition coefficient (Wildman–Crippen LogP) is 0.540. The van der Waals surface area contributed by atoms with E-state index in [0.717, 1.165) is 0 Å². The molecular formula is C14H16FN3O4. The Kier molecular flexibility index (Phi) is 4.71. The molecule has 1 aliphatic heterocycles. The minimum atomic E-state index is -0.966. The molecular weight excluding hydrogens is 293 g/mol. The number of aliphatic imine (C=N–C) groups is 1. The number of ether oxygens (including phenoxy) is 2. The lowest BCUT2D eigenvalue weighted by Crippen LogP contribution is -2.38. The third-order valence-corrected chi connectivity index (χ3v) is 3.14. The van der Waals surface area contributed by atoms with Crippen molar-refractivity contribution in [1.29, 1.82) is 0 Å². The number of benzene rings is 1. The van der Waals surface area contributed by atoms with Crippen molar-refractivity contribution in [3.8, 4) is 0 Å². The average molecular weight is 309 g/mol. The van der Waals surface area contributed by atoms with Gasteiger partial charge in [-0.05, 0) is 25.1 Å². The van der Waals surface area contributed by atoms with Gasteiger partial charge in [-0.3, -0.25) is 14.6 Å². The molecule has 1 atom stereocenters.